The molecule has 4 aromatic rings. The Balaban J connectivity index is 1.87. The van der Waals surface area contributed by atoms with Crippen molar-refractivity contribution in [2.75, 3.05) is 17.3 Å². The summed E-state index contributed by atoms with van der Waals surface area (Å²) in [6, 6.07) is 7.29. The van der Waals surface area contributed by atoms with Gasteiger partial charge in [-0.3, -0.25) is 4.68 Å². The number of aryl methyl sites for hydroxylation is 2. The van der Waals surface area contributed by atoms with Crippen LogP contribution in [0.2, 0.25) is 0 Å². The zero-order valence-electron chi connectivity index (χ0n) is 17.9. The smallest absolute Gasteiger partial charge is 0.250 e. The van der Waals surface area contributed by atoms with Gasteiger partial charge in [-0.2, -0.15) is 20.3 Å². The van der Waals surface area contributed by atoms with Crippen LogP contribution in [0.25, 0.3) is 22.3 Å². The molecule has 12 heteroatoms. The molecule has 0 aliphatic heterocycles. The molecule has 0 amide bonds. The number of sulfone groups is 1. The van der Waals surface area contributed by atoms with Crippen molar-refractivity contribution in [3.05, 3.63) is 41.9 Å². The number of nitrogen functional groups attached to an aromatic ring is 1. The van der Waals surface area contributed by atoms with Crippen LogP contribution >= 0.6 is 0 Å². The van der Waals surface area contributed by atoms with Crippen LogP contribution < -0.4 is 11.1 Å². The summed E-state index contributed by atoms with van der Waals surface area (Å²) in [5.74, 6) is -0.185. The molecule has 4 rings (SSSR count). The highest BCUT2D eigenvalue weighted by Gasteiger charge is 2.23. The lowest BCUT2D eigenvalue weighted by atomic mass is 10.0. The molecule has 4 aromatic heterocycles. The van der Waals surface area contributed by atoms with Gasteiger partial charge in [-0.1, -0.05) is 0 Å². The lowest BCUT2D eigenvalue weighted by Gasteiger charge is -2.19. The minimum Gasteiger partial charge on any atom is -0.382 e. The van der Waals surface area contributed by atoms with Gasteiger partial charge < -0.3 is 15.6 Å². The van der Waals surface area contributed by atoms with Crippen molar-refractivity contribution in [3.8, 4) is 17.3 Å². The first-order valence-corrected chi connectivity index (χ1v) is 11.5. The maximum atomic E-state index is 12.0. The fourth-order valence-corrected chi connectivity index (χ4v) is 4.01. The Morgan fingerprint density at radius 1 is 1.22 bits per heavy atom. The maximum Gasteiger partial charge on any atom is 0.250 e. The summed E-state index contributed by atoms with van der Waals surface area (Å²) in [6.45, 7) is 1.84. The molecular weight excluding hydrogens is 430 g/mol. The second-order valence-electron chi connectivity index (χ2n) is 7.46. The number of nitrogens with zero attached hydrogens (tertiary/aromatic N) is 7. The number of nitrogens with one attached hydrogen (secondary N) is 1. The molecule has 1 atom stereocenters. The number of pyridine rings is 1. The summed E-state index contributed by atoms with van der Waals surface area (Å²) in [5.41, 5.74) is 9.91. The van der Waals surface area contributed by atoms with E-state index in [1.54, 1.807) is 10.9 Å². The van der Waals surface area contributed by atoms with Gasteiger partial charge in [0.15, 0.2) is 5.82 Å². The fraction of sp³-hybridized carbons (Fsp3) is 0.250. The SMILES string of the molecule is CC(Nc1nc(S(C)(=O)=O)nc(N)c1C#N)c1nc2ccn(C)c2cc1-c1ccnn1C. The van der Waals surface area contributed by atoms with Gasteiger partial charge in [-0.15, -0.1) is 0 Å². The number of nitriles is 1. The van der Waals surface area contributed by atoms with Crippen LogP contribution in [0.3, 0.4) is 0 Å². The van der Waals surface area contributed by atoms with Gasteiger partial charge in [-0.05, 0) is 25.1 Å². The summed E-state index contributed by atoms with van der Waals surface area (Å²) >= 11 is 0. The summed E-state index contributed by atoms with van der Waals surface area (Å²) in [6.07, 6.45) is 4.60. The molecule has 0 bridgehead atoms. The van der Waals surface area contributed by atoms with Crippen LogP contribution in [0.5, 0.6) is 0 Å². The highest BCUT2D eigenvalue weighted by atomic mass is 32.2. The number of hydrogen-bond donors (Lipinski definition) is 2. The van der Waals surface area contributed by atoms with E-state index in [0.29, 0.717) is 5.69 Å². The topological polar surface area (TPSA) is 157 Å². The molecule has 164 valence electrons. The molecule has 4 heterocycles. The zero-order valence-corrected chi connectivity index (χ0v) is 18.7. The Kier molecular flexibility index (Phi) is 5.06. The van der Waals surface area contributed by atoms with Crippen LogP contribution in [0, 0.1) is 11.3 Å². The molecule has 0 aliphatic carbocycles. The average Bonchev–Trinajstić information content (AvgIpc) is 3.31. The van der Waals surface area contributed by atoms with Gasteiger partial charge in [-0.25, -0.2) is 13.4 Å². The largest absolute Gasteiger partial charge is 0.382 e. The predicted octanol–water partition coefficient (Wildman–Crippen LogP) is 1.79. The summed E-state index contributed by atoms with van der Waals surface area (Å²) in [5, 5.41) is 16.4. The lowest BCUT2D eigenvalue weighted by Crippen LogP contribution is -2.16. The molecule has 0 fully saturated rings. The van der Waals surface area contributed by atoms with Crippen LogP contribution in [0.4, 0.5) is 11.6 Å². The van der Waals surface area contributed by atoms with Crippen molar-refractivity contribution >= 4 is 32.5 Å². The highest BCUT2D eigenvalue weighted by Crippen LogP contribution is 2.32. The fourth-order valence-electron chi connectivity index (χ4n) is 3.48. The monoisotopic (exact) mass is 451 g/mol. The van der Waals surface area contributed by atoms with Crippen molar-refractivity contribution in [2.24, 2.45) is 14.1 Å². The quantitative estimate of drug-likeness (QED) is 0.432. The Morgan fingerprint density at radius 2 is 1.97 bits per heavy atom. The van der Waals surface area contributed by atoms with Gasteiger partial charge in [0, 0.05) is 38.3 Å². The van der Waals surface area contributed by atoms with Crippen LogP contribution in [0.15, 0.2) is 35.7 Å². The number of aromatic nitrogens is 6. The molecular formula is C20H21N9O2S. The molecule has 0 aliphatic rings. The van der Waals surface area contributed by atoms with E-state index < -0.39 is 21.0 Å². The van der Waals surface area contributed by atoms with E-state index in [0.717, 1.165) is 28.5 Å². The molecule has 1 unspecified atom stereocenters. The molecule has 0 aromatic carbocycles. The van der Waals surface area contributed by atoms with E-state index >= 15 is 0 Å². The lowest BCUT2D eigenvalue weighted by molar-refractivity contribution is 0.593. The minimum atomic E-state index is -3.73. The van der Waals surface area contributed by atoms with Gasteiger partial charge >= 0.3 is 0 Å². The molecule has 11 nitrogen and oxygen atoms in total. The van der Waals surface area contributed by atoms with Crippen molar-refractivity contribution in [1.29, 1.82) is 5.26 Å². The first kappa shape index (κ1) is 21.3. The first-order valence-electron chi connectivity index (χ1n) is 9.58. The van der Waals surface area contributed by atoms with Crippen LogP contribution in [-0.4, -0.2) is 44.0 Å². The van der Waals surface area contributed by atoms with E-state index in [1.165, 1.54) is 0 Å². The molecule has 32 heavy (non-hydrogen) atoms. The second-order valence-corrected chi connectivity index (χ2v) is 9.37. The average molecular weight is 452 g/mol. The minimum absolute atomic E-state index is 0.0267. The molecule has 0 saturated heterocycles. The Hall–Kier alpha value is -3.98. The van der Waals surface area contributed by atoms with Crippen molar-refractivity contribution < 1.29 is 8.42 Å². The molecule has 0 saturated carbocycles. The number of anilines is 2. The molecule has 3 N–H and O–H groups in total. The summed E-state index contributed by atoms with van der Waals surface area (Å²) in [7, 11) is 0.0453. The third-order valence-corrected chi connectivity index (χ3v) is 5.96. The second kappa shape index (κ2) is 7.61. The van der Waals surface area contributed by atoms with Gasteiger partial charge in [0.2, 0.25) is 9.84 Å². The maximum absolute atomic E-state index is 12.0. The standard InChI is InChI=1S/C20H21N9O2S/c1-11(24-19-13(10-21)18(22)26-20(27-19)32(4,30)31)17-12(15-5-7-23-29(15)3)9-16-14(25-17)6-8-28(16)2/h5-9,11H,1-4H3,(H3,22,24,26,27). The van der Waals surface area contributed by atoms with Crippen LogP contribution in [-0.2, 0) is 23.9 Å². The number of rotatable bonds is 5. The van der Waals surface area contributed by atoms with Crippen molar-refractivity contribution in [3.63, 3.8) is 0 Å². The number of fused-ring (bicyclic) bond motifs is 1. The highest BCUT2D eigenvalue weighted by molar-refractivity contribution is 7.90. The zero-order chi connectivity index (χ0) is 23.2. The summed E-state index contributed by atoms with van der Waals surface area (Å²) in [4.78, 5) is 12.6. The van der Waals surface area contributed by atoms with E-state index in [-0.39, 0.29) is 17.2 Å². The Morgan fingerprint density at radius 3 is 2.59 bits per heavy atom. The van der Waals surface area contributed by atoms with Gasteiger partial charge in [0.05, 0.1) is 28.5 Å². The number of nitrogens with two attached hydrogens (primary N) is 1. The third-order valence-electron chi connectivity index (χ3n) is 5.12. The Bertz CT molecular complexity index is 1500. The van der Waals surface area contributed by atoms with Crippen molar-refractivity contribution in [1.82, 2.24) is 29.3 Å². The normalized spacial score (nSPS) is 12.6. The van der Waals surface area contributed by atoms with E-state index in [9.17, 15) is 13.7 Å². The Labute approximate surface area is 184 Å². The third kappa shape index (κ3) is 3.63. The van der Waals surface area contributed by atoms with Gasteiger partial charge in [0.1, 0.15) is 17.5 Å². The van der Waals surface area contributed by atoms with E-state index in [1.807, 2.05) is 56.1 Å². The predicted molar refractivity (Wildman–Crippen MR) is 119 cm³/mol. The summed E-state index contributed by atoms with van der Waals surface area (Å²) < 4.78 is 27.7. The van der Waals surface area contributed by atoms with E-state index in [4.69, 9.17) is 10.7 Å². The number of hydrogen-bond acceptors (Lipinski definition) is 9. The van der Waals surface area contributed by atoms with Crippen molar-refractivity contribution in [2.45, 2.75) is 18.1 Å². The first-order chi connectivity index (χ1) is 15.1. The van der Waals surface area contributed by atoms with Gasteiger partial charge in [0.25, 0.3) is 5.16 Å². The molecule has 0 spiro atoms. The van der Waals surface area contributed by atoms with E-state index in [2.05, 4.69) is 20.4 Å². The van der Waals surface area contributed by atoms with Crippen LogP contribution in [0.1, 0.15) is 24.2 Å². The molecule has 0 radical (unpaired) electrons.